The summed E-state index contributed by atoms with van der Waals surface area (Å²) in [5.74, 6) is -1.09. The Labute approximate surface area is 123 Å². The van der Waals surface area contributed by atoms with E-state index in [0.29, 0.717) is 11.3 Å². The molecule has 105 valence electrons. The molecule has 3 rings (SSSR count). The number of aryl methyl sites for hydroxylation is 2. The number of ether oxygens (including phenoxy) is 1. The number of hydrogen-bond acceptors (Lipinski definition) is 3. The summed E-state index contributed by atoms with van der Waals surface area (Å²) in [6.07, 6.45) is 5.00. The summed E-state index contributed by atoms with van der Waals surface area (Å²) < 4.78 is 5.35. The van der Waals surface area contributed by atoms with E-state index in [9.17, 15) is 9.59 Å². The Morgan fingerprint density at radius 2 is 1.81 bits per heavy atom. The first kappa shape index (κ1) is 13.6. The summed E-state index contributed by atoms with van der Waals surface area (Å²) in [6.45, 7) is 0. The largest absolute Gasteiger partial charge is 0.426 e. The van der Waals surface area contributed by atoms with Crippen LogP contribution >= 0.6 is 0 Å². The standard InChI is InChI=1S/C18H15O3/c19-12-17(14-5-2-1-3-6-14)18(20)21-16-10-9-13-7-4-8-15(13)11-16/h1-3,5-6,9-11,17H,4,7-8H2. The molecule has 1 unspecified atom stereocenters. The number of carbonyl (C=O) groups is 1. The molecule has 0 saturated heterocycles. The fourth-order valence-electron chi connectivity index (χ4n) is 2.68. The zero-order valence-corrected chi connectivity index (χ0v) is 11.5. The van der Waals surface area contributed by atoms with Gasteiger partial charge >= 0.3 is 5.97 Å². The molecule has 0 aliphatic heterocycles. The van der Waals surface area contributed by atoms with Crippen LogP contribution in [0.4, 0.5) is 0 Å². The van der Waals surface area contributed by atoms with Crippen molar-refractivity contribution in [1.29, 1.82) is 0 Å². The Kier molecular flexibility index (Phi) is 3.82. The molecule has 21 heavy (non-hydrogen) atoms. The second kappa shape index (κ2) is 5.92. The van der Waals surface area contributed by atoms with Crippen molar-refractivity contribution in [3.63, 3.8) is 0 Å². The van der Waals surface area contributed by atoms with Crippen LogP contribution in [0.2, 0.25) is 0 Å². The molecular formula is C18H15O3. The van der Waals surface area contributed by atoms with Gasteiger partial charge in [0.25, 0.3) is 0 Å². The van der Waals surface area contributed by atoms with E-state index in [1.165, 1.54) is 11.1 Å². The van der Waals surface area contributed by atoms with Crippen molar-refractivity contribution in [2.24, 2.45) is 0 Å². The highest BCUT2D eigenvalue weighted by molar-refractivity contribution is 5.95. The summed E-state index contributed by atoms with van der Waals surface area (Å²) in [6, 6.07) is 14.5. The molecule has 1 atom stereocenters. The SMILES string of the molecule is O=[C]C(C(=O)Oc1ccc2c(c1)CCC2)c1ccccc1. The number of fused-ring (bicyclic) bond motifs is 1. The molecule has 3 nitrogen and oxygen atoms in total. The Morgan fingerprint density at radius 1 is 1.05 bits per heavy atom. The summed E-state index contributed by atoms with van der Waals surface area (Å²) >= 11 is 0. The molecule has 0 heterocycles. The van der Waals surface area contributed by atoms with Crippen LogP contribution in [-0.4, -0.2) is 12.3 Å². The van der Waals surface area contributed by atoms with E-state index in [0.717, 1.165) is 19.3 Å². The van der Waals surface area contributed by atoms with E-state index in [4.69, 9.17) is 4.74 Å². The maximum atomic E-state index is 12.2. The summed E-state index contributed by atoms with van der Waals surface area (Å²) in [4.78, 5) is 23.3. The fraction of sp³-hybridized carbons (Fsp3) is 0.222. The molecule has 3 heteroatoms. The first-order chi connectivity index (χ1) is 10.3. The van der Waals surface area contributed by atoms with Gasteiger partial charge < -0.3 is 4.74 Å². The smallest absolute Gasteiger partial charge is 0.326 e. The second-order valence-electron chi connectivity index (χ2n) is 5.17. The van der Waals surface area contributed by atoms with Crippen LogP contribution in [-0.2, 0) is 22.4 Å². The minimum atomic E-state index is -1.00. The third-order valence-electron chi connectivity index (χ3n) is 3.77. The lowest BCUT2D eigenvalue weighted by Gasteiger charge is -2.11. The highest BCUT2D eigenvalue weighted by Crippen LogP contribution is 2.27. The van der Waals surface area contributed by atoms with Gasteiger partial charge in [-0.05, 0) is 48.1 Å². The van der Waals surface area contributed by atoms with Crippen molar-refractivity contribution in [3.05, 3.63) is 65.2 Å². The molecule has 1 aliphatic rings. The summed E-state index contributed by atoms with van der Waals surface area (Å²) in [5.41, 5.74) is 3.14. The van der Waals surface area contributed by atoms with Crippen LogP contribution in [0, 0.1) is 0 Å². The maximum Gasteiger partial charge on any atom is 0.326 e. The molecule has 0 saturated carbocycles. The minimum Gasteiger partial charge on any atom is -0.426 e. The Morgan fingerprint density at radius 3 is 2.57 bits per heavy atom. The van der Waals surface area contributed by atoms with E-state index < -0.39 is 11.9 Å². The van der Waals surface area contributed by atoms with Gasteiger partial charge in [-0.3, -0.25) is 9.59 Å². The third-order valence-corrected chi connectivity index (χ3v) is 3.77. The van der Waals surface area contributed by atoms with Crippen molar-refractivity contribution < 1.29 is 14.3 Å². The molecule has 0 spiro atoms. The number of esters is 1. The average Bonchev–Trinajstić information content (AvgIpc) is 2.96. The average molecular weight is 279 g/mol. The third kappa shape index (κ3) is 2.87. The van der Waals surface area contributed by atoms with Gasteiger partial charge in [-0.15, -0.1) is 0 Å². The molecule has 0 amide bonds. The topological polar surface area (TPSA) is 43.4 Å². The van der Waals surface area contributed by atoms with Crippen LogP contribution in [0.5, 0.6) is 5.75 Å². The fourth-order valence-corrected chi connectivity index (χ4v) is 2.68. The molecule has 0 N–H and O–H groups in total. The van der Waals surface area contributed by atoms with Crippen LogP contribution in [0.15, 0.2) is 48.5 Å². The summed E-state index contributed by atoms with van der Waals surface area (Å²) in [5, 5.41) is 0. The van der Waals surface area contributed by atoms with Crippen molar-refractivity contribution in [2.75, 3.05) is 0 Å². The van der Waals surface area contributed by atoms with E-state index in [1.807, 2.05) is 18.2 Å². The molecule has 0 fully saturated rings. The van der Waals surface area contributed by atoms with Crippen LogP contribution in [0.1, 0.15) is 29.0 Å². The maximum absolute atomic E-state index is 12.2. The first-order valence-electron chi connectivity index (χ1n) is 7.04. The number of benzene rings is 2. The van der Waals surface area contributed by atoms with E-state index in [-0.39, 0.29) is 0 Å². The number of rotatable bonds is 4. The normalized spacial score (nSPS) is 14.3. The van der Waals surface area contributed by atoms with Crippen molar-refractivity contribution in [3.8, 4) is 5.75 Å². The van der Waals surface area contributed by atoms with Crippen LogP contribution < -0.4 is 4.74 Å². The second-order valence-corrected chi connectivity index (χ2v) is 5.17. The minimum absolute atomic E-state index is 0.497. The van der Waals surface area contributed by atoms with Gasteiger partial charge in [0.05, 0.1) is 0 Å². The molecule has 2 aromatic carbocycles. The summed E-state index contributed by atoms with van der Waals surface area (Å²) in [7, 11) is 0. The van der Waals surface area contributed by atoms with Crippen molar-refractivity contribution in [2.45, 2.75) is 25.2 Å². The Balaban J connectivity index is 1.77. The van der Waals surface area contributed by atoms with Gasteiger partial charge in [-0.25, -0.2) is 0 Å². The highest BCUT2D eigenvalue weighted by Gasteiger charge is 2.23. The molecule has 1 radical (unpaired) electrons. The molecular weight excluding hydrogens is 264 g/mol. The van der Waals surface area contributed by atoms with Gasteiger partial charge in [0.15, 0.2) is 0 Å². The monoisotopic (exact) mass is 279 g/mol. The van der Waals surface area contributed by atoms with Crippen molar-refractivity contribution in [1.82, 2.24) is 0 Å². The molecule has 0 bridgehead atoms. The van der Waals surface area contributed by atoms with E-state index in [1.54, 1.807) is 36.6 Å². The highest BCUT2D eigenvalue weighted by atomic mass is 16.5. The van der Waals surface area contributed by atoms with Crippen molar-refractivity contribution >= 4 is 12.3 Å². The zero-order valence-electron chi connectivity index (χ0n) is 11.5. The molecule has 1 aliphatic carbocycles. The Bertz CT molecular complexity index is 661. The van der Waals surface area contributed by atoms with Gasteiger partial charge in [0.1, 0.15) is 11.7 Å². The van der Waals surface area contributed by atoms with Gasteiger partial charge in [0.2, 0.25) is 6.29 Å². The lowest BCUT2D eigenvalue weighted by molar-refractivity contribution is -0.134. The Hall–Kier alpha value is -2.42. The van der Waals surface area contributed by atoms with E-state index >= 15 is 0 Å². The van der Waals surface area contributed by atoms with E-state index in [2.05, 4.69) is 0 Å². The predicted octanol–water partition coefficient (Wildman–Crippen LogP) is 2.97. The predicted molar refractivity (Wildman–Crippen MR) is 79.0 cm³/mol. The quantitative estimate of drug-likeness (QED) is 0.491. The zero-order chi connectivity index (χ0) is 14.7. The van der Waals surface area contributed by atoms with Gasteiger partial charge in [-0.1, -0.05) is 36.4 Å². The van der Waals surface area contributed by atoms with Crippen LogP contribution in [0.25, 0.3) is 0 Å². The van der Waals surface area contributed by atoms with Crippen LogP contribution in [0.3, 0.4) is 0 Å². The number of carbonyl (C=O) groups excluding carboxylic acids is 2. The molecule has 2 aromatic rings. The lowest BCUT2D eigenvalue weighted by Crippen LogP contribution is -2.20. The lowest BCUT2D eigenvalue weighted by atomic mass is 10.0. The van der Waals surface area contributed by atoms with Gasteiger partial charge in [0, 0.05) is 0 Å². The molecule has 0 aromatic heterocycles. The first-order valence-corrected chi connectivity index (χ1v) is 7.04. The number of hydrogen-bond donors (Lipinski definition) is 0. The van der Waals surface area contributed by atoms with Gasteiger partial charge in [-0.2, -0.15) is 0 Å².